The number of halogens is 1. The molecule has 1 aromatic carbocycles. The highest BCUT2D eigenvalue weighted by atomic mass is 35.5. The standard InChI is InChI=1S/C40H73Cl/c1-4-6-8-10-12-14-16-18-20-22-24-26-28-30-34-38-35-31-32-36-39(38)40(3,41)37-33-29-27-25-23-21-19-17-15-13-11-9-7-5-2/h31-32,35-36H,4-30,33-34,37H2,1-3H3. The van der Waals surface area contributed by atoms with Crippen LogP contribution in [0.4, 0.5) is 0 Å². The minimum atomic E-state index is -0.219. The van der Waals surface area contributed by atoms with Crippen molar-refractivity contribution < 1.29 is 0 Å². The van der Waals surface area contributed by atoms with Crippen LogP contribution < -0.4 is 0 Å². The van der Waals surface area contributed by atoms with Crippen LogP contribution in [0, 0.1) is 0 Å². The van der Waals surface area contributed by atoms with E-state index in [1.165, 1.54) is 197 Å². The molecule has 0 aromatic heterocycles. The fourth-order valence-corrected chi connectivity index (χ4v) is 6.86. The maximum Gasteiger partial charge on any atom is 0.0669 e. The van der Waals surface area contributed by atoms with E-state index < -0.39 is 0 Å². The zero-order valence-corrected chi connectivity index (χ0v) is 29.2. The van der Waals surface area contributed by atoms with Crippen molar-refractivity contribution in [3.63, 3.8) is 0 Å². The first-order chi connectivity index (χ1) is 20.1. The number of rotatable bonds is 31. The molecular formula is C40H73Cl. The van der Waals surface area contributed by atoms with Crippen molar-refractivity contribution in [3.8, 4) is 0 Å². The lowest BCUT2D eigenvalue weighted by Crippen LogP contribution is -2.16. The van der Waals surface area contributed by atoms with Gasteiger partial charge < -0.3 is 0 Å². The van der Waals surface area contributed by atoms with Gasteiger partial charge in [0.15, 0.2) is 0 Å². The molecule has 0 aliphatic rings. The number of aryl methyl sites for hydroxylation is 1. The van der Waals surface area contributed by atoms with Gasteiger partial charge in [-0.25, -0.2) is 0 Å². The molecule has 0 bridgehead atoms. The Balaban J connectivity index is 2.06. The van der Waals surface area contributed by atoms with Gasteiger partial charge in [0.1, 0.15) is 0 Å². The maximum atomic E-state index is 7.18. The number of hydrogen-bond donors (Lipinski definition) is 0. The molecule has 0 amide bonds. The lowest BCUT2D eigenvalue weighted by Gasteiger charge is -2.26. The van der Waals surface area contributed by atoms with Gasteiger partial charge in [0.05, 0.1) is 4.87 Å². The van der Waals surface area contributed by atoms with Gasteiger partial charge in [-0.3, -0.25) is 0 Å². The summed E-state index contributed by atoms with van der Waals surface area (Å²) in [7, 11) is 0. The van der Waals surface area contributed by atoms with Crippen molar-refractivity contribution in [1.82, 2.24) is 0 Å². The zero-order chi connectivity index (χ0) is 29.7. The Hall–Kier alpha value is -0.490. The molecule has 1 rings (SSSR count). The summed E-state index contributed by atoms with van der Waals surface area (Å²) in [6, 6.07) is 9.04. The van der Waals surface area contributed by atoms with E-state index in [1.807, 2.05) is 0 Å². The molecule has 0 aliphatic carbocycles. The monoisotopic (exact) mass is 589 g/mol. The molecule has 0 fully saturated rings. The summed E-state index contributed by atoms with van der Waals surface area (Å²) < 4.78 is 0. The Morgan fingerprint density at radius 2 is 0.756 bits per heavy atom. The van der Waals surface area contributed by atoms with Crippen LogP contribution in [-0.4, -0.2) is 0 Å². The Kier molecular flexibility index (Phi) is 26.6. The number of unbranched alkanes of at least 4 members (excludes halogenated alkanes) is 26. The summed E-state index contributed by atoms with van der Waals surface area (Å²) in [6.45, 7) is 6.87. The summed E-state index contributed by atoms with van der Waals surface area (Å²) in [6.07, 6.45) is 41.9. The van der Waals surface area contributed by atoms with Crippen LogP contribution in [0.1, 0.15) is 218 Å². The van der Waals surface area contributed by atoms with Gasteiger partial charge in [0.25, 0.3) is 0 Å². The Morgan fingerprint density at radius 1 is 0.439 bits per heavy atom. The molecule has 0 N–H and O–H groups in total. The van der Waals surface area contributed by atoms with E-state index in [4.69, 9.17) is 11.6 Å². The maximum absolute atomic E-state index is 7.18. The Morgan fingerprint density at radius 3 is 1.15 bits per heavy atom. The molecule has 0 heterocycles. The quantitative estimate of drug-likeness (QED) is 0.0597. The number of hydrogen-bond acceptors (Lipinski definition) is 0. The van der Waals surface area contributed by atoms with E-state index in [0.717, 1.165) is 6.42 Å². The first-order valence-electron chi connectivity index (χ1n) is 18.9. The first kappa shape index (κ1) is 38.5. The molecule has 0 radical (unpaired) electrons. The molecule has 1 unspecified atom stereocenters. The average molecular weight is 589 g/mol. The predicted molar refractivity (Wildman–Crippen MR) is 189 cm³/mol. The largest absolute Gasteiger partial charge is 0.114 e. The van der Waals surface area contributed by atoms with E-state index in [2.05, 4.69) is 45.0 Å². The third-order valence-electron chi connectivity index (χ3n) is 9.38. The van der Waals surface area contributed by atoms with Crippen LogP contribution in [0.25, 0.3) is 0 Å². The summed E-state index contributed by atoms with van der Waals surface area (Å²) >= 11 is 7.18. The van der Waals surface area contributed by atoms with Gasteiger partial charge in [-0.1, -0.05) is 211 Å². The van der Waals surface area contributed by atoms with E-state index in [1.54, 1.807) is 0 Å². The topological polar surface area (TPSA) is 0 Å². The van der Waals surface area contributed by atoms with Crippen molar-refractivity contribution in [1.29, 1.82) is 0 Å². The summed E-state index contributed by atoms with van der Waals surface area (Å²) in [5.41, 5.74) is 2.89. The second-order valence-electron chi connectivity index (χ2n) is 13.5. The molecule has 0 saturated carbocycles. The fourth-order valence-electron chi connectivity index (χ4n) is 6.54. The highest BCUT2D eigenvalue weighted by molar-refractivity contribution is 6.23. The lowest BCUT2D eigenvalue weighted by molar-refractivity contribution is 0.507. The molecule has 0 saturated heterocycles. The molecule has 0 spiro atoms. The van der Waals surface area contributed by atoms with Crippen LogP contribution >= 0.6 is 11.6 Å². The van der Waals surface area contributed by atoms with Crippen LogP contribution in [0.2, 0.25) is 0 Å². The Bertz CT molecular complexity index is 663. The van der Waals surface area contributed by atoms with Crippen LogP contribution in [-0.2, 0) is 11.3 Å². The molecule has 1 aromatic rings. The second-order valence-corrected chi connectivity index (χ2v) is 14.4. The van der Waals surface area contributed by atoms with Gasteiger partial charge in [-0.2, -0.15) is 0 Å². The fraction of sp³-hybridized carbons (Fsp3) is 0.850. The van der Waals surface area contributed by atoms with Crippen LogP contribution in [0.3, 0.4) is 0 Å². The van der Waals surface area contributed by atoms with Gasteiger partial charge in [0.2, 0.25) is 0 Å². The summed E-state index contributed by atoms with van der Waals surface area (Å²) in [4.78, 5) is -0.219. The molecule has 41 heavy (non-hydrogen) atoms. The third-order valence-corrected chi connectivity index (χ3v) is 9.77. The van der Waals surface area contributed by atoms with Crippen molar-refractivity contribution in [2.75, 3.05) is 0 Å². The normalized spacial score (nSPS) is 13.1. The van der Waals surface area contributed by atoms with Crippen LogP contribution in [0.5, 0.6) is 0 Å². The minimum Gasteiger partial charge on any atom is -0.114 e. The van der Waals surface area contributed by atoms with E-state index in [0.29, 0.717) is 0 Å². The third kappa shape index (κ3) is 22.7. The second kappa shape index (κ2) is 28.3. The molecule has 0 nitrogen and oxygen atoms in total. The molecule has 1 atom stereocenters. The number of benzene rings is 1. The van der Waals surface area contributed by atoms with Crippen molar-refractivity contribution in [3.05, 3.63) is 35.4 Å². The van der Waals surface area contributed by atoms with Crippen LogP contribution in [0.15, 0.2) is 24.3 Å². The first-order valence-corrected chi connectivity index (χ1v) is 19.3. The van der Waals surface area contributed by atoms with E-state index >= 15 is 0 Å². The van der Waals surface area contributed by atoms with Gasteiger partial charge in [-0.15, -0.1) is 11.6 Å². The lowest BCUT2D eigenvalue weighted by atomic mass is 9.88. The zero-order valence-electron chi connectivity index (χ0n) is 28.4. The summed E-state index contributed by atoms with van der Waals surface area (Å²) in [5, 5.41) is 0. The number of alkyl halides is 1. The highest BCUT2D eigenvalue weighted by Crippen LogP contribution is 2.37. The van der Waals surface area contributed by atoms with Crippen molar-refractivity contribution in [2.45, 2.75) is 218 Å². The van der Waals surface area contributed by atoms with Crippen molar-refractivity contribution >= 4 is 11.6 Å². The molecule has 0 aliphatic heterocycles. The Labute approximate surface area is 264 Å². The summed E-state index contributed by atoms with van der Waals surface area (Å²) in [5.74, 6) is 0. The van der Waals surface area contributed by atoms with E-state index in [9.17, 15) is 0 Å². The minimum absolute atomic E-state index is 0.219. The molecule has 240 valence electrons. The highest BCUT2D eigenvalue weighted by Gasteiger charge is 2.25. The van der Waals surface area contributed by atoms with E-state index in [-0.39, 0.29) is 4.87 Å². The predicted octanol–water partition coefficient (Wildman–Crippen LogP) is 15.0. The average Bonchev–Trinajstić information content (AvgIpc) is 2.97. The van der Waals surface area contributed by atoms with Gasteiger partial charge in [0, 0.05) is 0 Å². The van der Waals surface area contributed by atoms with Gasteiger partial charge >= 0.3 is 0 Å². The van der Waals surface area contributed by atoms with Crippen molar-refractivity contribution in [2.24, 2.45) is 0 Å². The smallest absolute Gasteiger partial charge is 0.0669 e. The molecular weight excluding hydrogens is 516 g/mol. The van der Waals surface area contributed by atoms with Gasteiger partial charge in [-0.05, 0) is 37.3 Å². The molecule has 1 heteroatoms. The SMILES string of the molecule is CCCCCCCCCCCCCCCCc1ccccc1C(C)(Cl)CCCCCCCCCCCCCCCC.